The standard InChI is InChI=1S/C21H20N6O4S/c1-3-26-18(21(28)29)7-9-20(26)32(30,31)25(2)24-13-17-12-23-19-8-6-16(14-27(17)19)15-5-4-10-22-11-15/h4-14H,3H2,1-2H3,(H,28,29). The summed E-state index contributed by atoms with van der Waals surface area (Å²) in [6.45, 7) is 1.86. The molecule has 0 amide bonds. The third-order valence-electron chi connectivity index (χ3n) is 4.97. The molecule has 4 aromatic heterocycles. The number of carboxylic acids is 1. The summed E-state index contributed by atoms with van der Waals surface area (Å²) in [5.74, 6) is -1.20. The number of sulfonamides is 1. The van der Waals surface area contributed by atoms with Crippen molar-refractivity contribution in [2.75, 3.05) is 7.05 Å². The lowest BCUT2D eigenvalue weighted by atomic mass is 10.1. The topological polar surface area (TPSA) is 122 Å². The molecule has 0 radical (unpaired) electrons. The van der Waals surface area contributed by atoms with E-state index in [1.807, 2.05) is 30.5 Å². The van der Waals surface area contributed by atoms with E-state index in [0.717, 1.165) is 15.5 Å². The van der Waals surface area contributed by atoms with E-state index in [1.54, 1.807) is 29.9 Å². The van der Waals surface area contributed by atoms with E-state index < -0.39 is 16.0 Å². The van der Waals surface area contributed by atoms with Crippen molar-refractivity contribution >= 4 is 27.9 Å². The van der Waals surface area contributed by atoms with E-state index in [9.17, 15) is 18.3 Å². The highest BCUT2D eigenvalue weighted by Crippen LogP contribution is 2.21. The lowest BCUT2D eigenvalue weighted by Gasteiger charge is -2.15. The number of nitrogens with zero attached hydrogens (tertiary/aromatic N) is 6. The molecule has 11 heteroatoms. The van der Waals surface area contributed by atoms with Gasteiger partial charge in [0.15, 0.2) is 5.03 Å². The van der Waals surface area contributed by atoms with Crippen LogP contribution in [0, 0.1) is 0 Å². The SMILES string of the molecule is CCn1c(C(=O)O)ccc1S(=O)(=O)N(C)N=Cc1cnc2ccc(-c3cccnc3)cn12. The highest BCUT2D eigenvalue weighted by atomic mass is 32.2. The Hall–Kier alpha value is -3.99. The molecule has 0 bridgehead atoms. The van der Waals surface area contributed by atoms with Crippen LogP contribution in [0.5, 0.6) is 0 Å². The van der Waals surface area contributed by atoms with Gasteiger partial charge in [-0.3, -0.25) is 9.38 Å². The molecule has 0 aliphatic heterocycles. The first-order valence-electron chi connectivity index (χ1n) is 9.66. The fourth-order valence-corrected chi connectivity index (χ4v) is 4.51. The monoisotopic (exact) mass is 452 g/mol. The molecule has 0 aliphatic rings. The molecule has 32 heavy (non-hydrogen) atoms. The molecule has 0 saturated carbocycles. The van der Waals surface area contributed by atoms with Crippen molar-refractivity contribution in [2.24, 2.45) is 5.10 Å². The first-order valence-corrected chi connectivity index (χ1v) is 11.1. The van der Waals surface area contributed by atoms with Gasteiger partial charge in [0.25, 0.3) is 10.0 Å². The fraction of sp³-hybridized carbons (Fsp3) is 0.143. The number of hydrogen-bond donors (Lipinski definition) is 1. The molecule has 164 valence electrons. The third-order valence-corrected chi connectivity index (χ3v) is 6.64. The van der Waals surface area contributed by atoms with Gasteiger partial charge in [0.1, 0.15) is 11.3 Å². The summed E-state index contributed by atoms with van der Waals surface area (Å²) in [5.41, 5.74) is 3.00. The number of aromatic carboxylic acids is 1. The number of carbonyl (C=O) groups is 1. The predicted octanol–water partition coefficient (Wildman–Crippen LogP) is 2.57. The van der Waals surface area contributed by atoms with Gasteiger partial charge in [0.05, 0.1) is 18.1 Å². The second-order valence-electron chi connectivity index (χ2n) is 6.86. The van der Waals surface area contributed by atoms with Crippen LogP contribution in [0.1, 0.15) is 23.1 Å². The average molecular weight is 452 g/mol. The molecule has 0 fully saturated rings. The van der Waals surface area contributed by atoms with Crippen molar-refractivity contribution in [3.8, 4) is 11.1 Å². The van der Waals surface area contributed by atoms with Gasteiger partial charge in [-0.2, -0.15) is 17.9 Å². The average Bonchev–Trinajstić information content (AvgIpc) is 3.42. The first kappa shape index (κ1) is 21.2. The molecule has 0 spiro atoms. The highest BCUT2D eigenvalue weighted by Gasteiger charge is 2.26. The van der Waals surface area contributed by atoms with Crippen molar-refractivity contribution in [1.82, 2.24) is 23.3 Å². The van der Waals surface area contributed by atoms with Crippen LogP contribution in [-0.4, -0.2) is 56.1 Å². The molecule has 4 aromatic rings. The predicted molar refractivity (Wildman–Crippen MR) is 118 cm³/mol. The van der Waals surface area contributed by atoms with E-state index in [0.29, 0.717) is 11.3 Å². The normalized spacial score (nSPS) is 11.9. The molecule has 4 heterocycles. The quantitative estimate of drug-likeness (QED) is 0.340. The van der Waals surface area contributed by atoms with Gasteiger partial charge in [-0.25, -0.2) is 9.78 Å². The number of rotatable bonds is 7. The van der Waals surface area contributed by atoms with Gasteiger partial charge < -0.3 is 9.67 Å². The van der Waals surface area contributed by atoms with Gasteiger partial charge in [-0.05, 0) is 37.3 Å². The zero-order valence-corrected chi connectivity index (χ0v) is 18.1. The second kappa shape index (κ2) is 8.27. The van der Waals surface area contributed by atoms with Crippen molar-refractivity contribution in [3.63, 3.8) is 0 Å². The fourth-order valence-electron chi connectivity index (χ4n) is 3.32. The molecular weight excluding hydrogens is 432 g/mol. The van der Waals surface area contributed by atoms with Crippen LogP contribution < -0.4 is 0 Å². The van der Waals surface area contributed by atoms with Gasteiger partial charge in [0, 0.05) is 43.3 Å². The number of imidazole rings is 1. The Balaban J connectivity index is 1.66. The molecule has 4 rings (SSSR count). The summed E-state index contributed by atoms with van der Waals surface area (Å²) in [5, 5.41) is 13.2. The van der Waals surface area contributed by atoms with Crippen molar-refractivity contribution in [2.45, 2.75) is 18.5 Å². The number of pyridine rings is 2. The molecule has 0 aliphatic carbocycles. The second-order valence-corrected chi connectivity index (χ2v) is 8.76. The number of hydrazone groups is 1. The summed E-state index contributed by atoms with van der Waals surface area (Å²) in [6.07, 6.45) is 8.30. The van der Waals surface area contributed by atoms with E-state index in [1.165, 1.54) is 30.0 Å². The van der Waals surface area contributed by atoms with Crippen LogP contribution in [0.15, 0.2) is 71.3 Å². The Bertz CT molecular complexity index is 1420. The molecular formula is C21H20N6O4S. The molecule has 0 saturated heterocycles. The van der Waals surface area contributed by atoms with E-state index in [4.69, 9.17) is 0 Å². The third kappa shape index (κ3) is 3.73. The van der Waals surface area contributed by atoms with Gasteiger partial charge in [-0.15, -0.1) is 0 Å². The van der Waals surface area contributed by atoms with E-state index in [-0.39, 0.29) is 17.3 Å². The Kier molecular flexibility index (Phi) is 5.49. The summed E-state index contributed by atoms with van der Waals surface area (Å²) in [7, 11) is -2.76. The Morgan fingerprint density at radius 2 is 2.00 bits per heavy atom. The minimum absolute atomic E-state index is 0.104. The first-order chi connectivity index (χ1) is 15.3. The summed E-state index contributed by atoms with van der Waals surface area (Å²) >= 11 is 0. The number of fused-ring (bicyclic) bond motifs is 1. The smallest absolute Gasteiger partial charge is 0.352 e. The van der Waals surface area contributed by atoms with Gasteiger partial charge >= 0.3 is 5.97 Å². The summed E-state index contributed by atoms with van der Waals surface area (Å²) in [4.78, 5) is 19.8. The van der Waals surface area contributed by atoms with Gasteiger partial charge in [0.2, 0.25) is 0 Å². The van der Waals surface area contributed by atoms with Crippen molar-refractivity contribution in [3.05, 3.63) is 72.6 Å². The highest BCUT2D eigenvalue weighted by molar-refractivity contribution is 7.89. The molecule has 0 atom stereocenters. The van der Waals surface area contributed by atoms with Crippen LogP contribution in [-0.2, 0) is 16.6 Å². The maximum atomic E-state index is 13.0. The summed E-state index contributed by atoms with van der Waals surface area (Å²) < 4.78 is 29.8. The minimum Gasteiger partial charge on any atom is -0.477 e. The van der Waals surface area contributed by atoms with Crippen molar-refractivity contribution < 1.29 is 18.3 Å². The van der Waals surface area contributed by atoms with Crippen LogP contribution in [0.2, 0.25) is 0 Å². The maximum Gasteiger partial charge on any atom is 0.352 e. The Morgan fingerprint density at radius 1 is 1.19 bits per heavy atom. The zero-order valence-electron chi connectivity index (χ0n) is 17.3. The van der Waals surface area contributed by atoms with Crippen LogP contribution in [0.25, 0.3) is 16.8 Å². The lowest BCUT2D eigenvalue weighted by Crippen LogP contribution is -2.25. The molecule has 0 unspecified atom stereocenters. The molecule has 1 N–H and O–H groups in total. The van der Waals surface area contributed by atoms with Crippen LogP contribution in [0.4, 0.5) is 0 Å². The molecule has 10 nitrogen and oxygen atoms in total. The summed E-state index contributed by atoms with van der Waals surface area (Å²) in [6, 6.07) is 10.1. The zero-order chi connectivity index (χ0) is 22.9. The lowest BCUT2D eigenvalue weighted by molar-refractivity contribution is 0.0684. The van der Waals surface area contributed by atoms with Crippen LogP contribution in [0.3, 0.4) is 0 Å². The number of hydrogen-bond acceptors (Lipinski definition) is 6. The Labute approximate surface area is 184 Å². The maximum absolute atomic E-state index is 13.0. The van der Waals surface area contributed by atoms with Gasteiger partial charge in [-0.1, -0.05) is 6.07 Å². The molecule has 0 aromatic carbocycles. The van der Waals surface area contributed by atoms with E-state index in [2.05, 4.69) is 15.1 Å². The number of aromatic nitrogens is 4. The Morgan fingerprint density at radius 3 is 2.69 bits per heavy atom. The minimum atomic E-state index is -4.05. The van der Waals surface area contributed by atoms with Crippen LogP contribution >= 0.6 is 0 Å². The van der Waals surface area contributed by atoms with Crippen molar-refractivity contribution in [1.29, 1.82) is 0 Å². The van der Waals surface area contributed by atoms with E-state index >= 15 is 0 Å². The number of carboxylic acid groups (broad SMARTS) is 1. The largest absolute Gasteiger partial charge is 0.477 e.